The first kappa shape index (κ1) is 97.1. The van der Waals surface area contributed by atoms with Crippen molar-refractivity contribution in [1.82, 2.24) is 0 Å². The molecule has 99 heavy (non-hydrogen) atoms. The first-order chi connectivity index (χ1) is 47.9. The molecule has 0 aromatic rings. The molecular formula is C80H156O17P2. The summed E-state index contributed by atoms with van der Waals surface area (Å²) in [6.45, 7) is 9.62. The maximum atomic E-state index is 13.1. The van der Waals surface area contributed by atoms with Crippen LogP contribution < -0.4 is 0 Å². The third-order valence-electron chi connectivity index (χ3n) is 19.1. The highest BCUT2D eigenvalue weighted by Crippen LogP contribution is 2.45. The van der Waals surface area contributed by atoms with Crippen molar-refractivity contribution < 1.29 is 80.2 Å². The number of aliphatic hydroxyl groups excluding tert-OH is 1. The molecule has 0 aliphatic carbocycles. The van der Waals surface area contributed by atoms with E-state index in [-0.39, 0.29) is 25.7 Å². The van der Waals surface area contributed by atoms with E-state index >= 15 is 0 Å². The molecule has 0 fully saturated rings. The molecule has 0 saturated carbocycles. The number of rotatable bonds is 79. The second-order valence-electron chi connectivity index (χ2n) is 29.5. The van der Waals surface area contributed by atoms with Gasteiger partial charge < -0.3 is 33.8 Å². The second kappa shape index (κ2) is 71.7. The summed E-state index contributed by atoms with van der Waals surface area (Å²) in [5.41, 5.74) is 0. The van der Waals surface area contributed by atoms with Crippen LogP contribution in [0.4, 0.5) is 0 Å². The number of hydrogen-bond donors (Lipinski definition) is 3. The fourth-order valence-corrected chi connectivity index (χ4v) is 13.9. The molecular weight excluding hydrogens is 1290 g/mol. The number of carbonyl (C=O) groups excluding carboxylic acids is 4. The third kappa shape index (κ3) is 72.8. The third-order valence-corrected chi connectivity index (χ3v) is 21.0. The molecule has 0 saturated heterocycles. The summed E-state index contributed by atoms with van der Waals surface area (Å²) >= 11 is 0. The van der Waals surface area contributed by atoms with E-state index in [2.05, 4.69) is 41.5 Å². The van der Waals surface area contributed by atoms with Crippen LogP contribution in [0, 0.1) is 11.8 Å². The molecule has 0 aromatic heterocycles. The summed E-state index contributed by atoms with van der Waals surface area (Å²) in [6.07, 6.45) is 61.3. The lowest BCUT2D eigenvalue weighted by Gasteiger charge is -2.21. The Hall–Kier alpha value is -1.94. The molecule has 0 aliphatic rings. The van der Waals surface area contributed by atoms with E-state index < -0.39 is 97.5 Å². The summed E-state index contributed by atoms with van der Waals surface area (Å²) in [4.78, 5) is 72.8. The normalized spacial score (nSPS) is 14.2. The molecule has 17 nitrogen and oxygen atoms in total. The lowest BCUT2D eigenvalue weighted by Crippen LogP contribution is -2.30. The van der Waals surface area contributed by atoms with Crippen LogP contribution >= 0.6 is 15.6 Å². The number of phosphoric acid groups is 2. The van der Waals surface area contributed by atoms with E-state index in [1.807, 2.05) is 0 Å². The van der Waals surface area contributed by atoms with Gasteiger partial charge in [0.2, 0.25) is 0 Å². The van der Waals surface area contributed by atoms with Gasteiger partial charge >= 0.3 is 39.5 Å². The first-order valence-corrected chi connectivity index (χ1v) is 44.5. The molecule has 6 atom stereocenters. The van der Waals surface area contributed by atoms with Crippen LogP contribution in [0.2, 0.25) is 0 Å². The van der Waals surface area contributed by atoms with Crippen molar-refractivity contribution in [3.8, 4) is 0 Å². The van der Waals surface area contributed by atoms with Crippen molar-refractivity contribution >= 4 is 39.5 Å². The number of carbonyl (C=O) groups is 4. The molecule has 3 unspecified atom stereocenters. The van der Waals surface area contributed by atoms with Crippen molar-refractivity contribution in [2.45, 2.75) is 439 Å². The van der Waals surface area contributed by atoms with Crippen molar-refractivity contribution in [3.63, 3.8) is 0 Å². The molecule has 19 heteroatoms. The number of phosphoric ester groups is 2. The number of aliphatic hydroxyl groups is 1. The maximum absolute atomic E-state index is 13.1. The minimum Gasteiger partial charge on any atom is -0.462 e. The number of ether oxygens (including phenoxy) is 4. The van der Waals surface area contributed by atoms with Crippen LogP contribution in [0.1, 0.15) is 420 Å². The molecule has 0 radical (unpaired) electrons. The molecule has 0 aromatic carbocycles. The van der Waals surface area contributed by atoms with Gasteiger partial charge in [-0.05, 0) is 37.5 Å². The second-order valence-corrected chi connectivity index (χ2v) is 32.4. The van der Waals surface area contributed by atoms with Gasteiger partial charge in [0.25, 0.3) is 0 Å². The average molecular weight is 1450 g/mol. The summed E-state index contributed by atoms with van der Waals surface area (Å²) in [5, 5.41) is 10.6. The van der Waals surface area contributed by atoms with Gasteiger partial charge in [0.15, 0.2) is 12.2 Å². The number of unbranched alkanes of at least 4 members (excludes halogenated alkanes) is 48. The van der Waals surface area contributed by atoms with Gasteiger partial charge in [0.1, 0.15) is 19.3 Å². The summed E-state index contributed by atoms with van der Waals surface area (Å²) in [6, 6.07) is 0. The maximum Gasteiger partial charge on any atom is 0.472 e. The quantitative estimate of drug-likeness (QED) is 0.0222. The standard InChI is InChI=1S/C80H156O17P2/c1-7-10-12-14-16-17-18-19-20-21-22-23-24-25-26-27-30-34-40-46-52-58-64-79(84)97-76(69-91-78(83)63-57-51-45-39-33-31-28-29-32-37-43-48-54-60-72(4)5)71-95-99(88,89)93-67-74(81)66-92-98(86,87)94-70-75(68-90-77(82)62-56-50-42-15-13-11-8-2)96-80(85)65-59-53-47-41-36-35-38-44-49-55-61-73(6)9-3/h72-76,81H,7-71H2,1-6H3,(H,86,87)(H,88,89)/t73?,74-,75+,76+/m0/s1. The molecule has 0 rings (SSSR count). The average Bonchev–Trinajstić information content (AvgIpc) is 1.24. The van der Waals surface area contributed by atoms with Gasteiger partial charge in [0.05, 0.1) is 26.4 Å². The van der Waals surface area contributed by atoms with Crippen LogP contribution in [-0.4, -0.2) is 96.7 Å². The predicted octanol–water partition coefficient (Wildman–Crippen LogP) is 23.9. The van der Waals surface area contributed by atoms with Crippen LogP contribution in [0.15, 0.2) is 0 Å². The van der Waals surface area contributed by atoms with E-state index in [1.165, 1.54) is 225 Å². The van der Waals surface area contributed by atoms with Gasteiger partial charge in [0, 0.05) is 25.7 Å². The lowest BCUT2D eigenvalue weighted by molar-refractivity contribution is -0.161. The first-order valence-electron chi connectivity index (χ1n) is 41.5. The Morgan fingerprint density at radius 3 is 0.768 bits per heavy atom. The minimum atomic E-state index is -4.96. The van der Waals surface area contributed by atoms with E-state index in [1.54, 1.807) is 0 Å². The number of esters is 4. The van der Waals surface area contributed by atoms with Gasteiger partial charge in [-0.25, -0.2) is 9.13 Å². The molecule has 0 bridgehead atoms. The molecule has 3 N–H and O–H groups in total. The molecule has 0 heterocycles. The van der Waals surface area contributed by atoms with Crippen molar-refractivity contribution in [1.29, 1.82) is 0 Å². The fourth-order valence-electron chi connectivity index (χ4n) is 12.3. The fraction of sp³-hybridized carbons (Fsp3) is 0.950. The summed E-state index contributed by atoms with van der Waals surface area (Å²) in [5.74, 6) is -0.522. The van der Waals surface area contributed by atoms with Crippen LogP contribution in [0.25, 0.3) is 0 Å². The summed E-state index contributed by atoms with van der Waals surface area (Å²) < 4.78 is 68.6. The van der Waals surface area contributed by atoms with E-state index in [0.717, 1.165) is 115 Å². The van der Waals surface area contributed by atoms with Crippen LogP contribution in [0.3, 0.4) is 0 Å². The topological polar surface area (TPSA) is 237 Å². The smallest absolute Gasteiger partial charge is 0.462 e. The zero-order valence-electron chi connectivity index (χ0n) is 64.8. The monoisotopic (exact) mass is 1450 g/mol. The molecule has 0 aliphatic heterocycles. The van der Waals surface area contributed by atoms with Gasteiger partial charge in [-0.2, -0.15) is 0 Å². The highest BCUT2D eigenvalue weighted by atomic mass is 31.2. The lowest BCUT2D eigenvalue weighted by atomic mass is 9.99. The molecule has 0 spiro atoms. The predicted molar refractivity (Wildman–Crippen MR) is 405 cm³/mol. The zero-order valence-corrected chi connectivity index (χ0v) is 66.6. The van der Waals surface area contributed by atoms with Crippen LogP contribution in [-0.2, 0) is 65.4 Å². The highest BCUT2D eigenvalue weighted by Gasteiger charge is 2.30. The van der Waals surface area contributed by atoms with E-state index in [4.69, 9.17) is 37.0 Å². The zero-order chi connectivity index (χ0) is 72.8. The van der Waals surface area contributed by atoms with Gasteiger partial charge in [-0.3, -0.25) is 37.3 Å². The van der Waals surface area contributed by atoms with Crippen molar-refractivity contribution in [2.24, 2.45) is 11.8 Å². The molecule has 588 valence electrons. The SMILES string of the molecule is CCCCCCCCCCCCCCCCCCCCCCCCC(=O)O[C@H](COC(=O)CCCCCCCCCCCCCCCC(C)C)COP(=O)(O)OC[C@@H](O)COP(=O)(O)OC[C@@H](COC(=O)CCCCCCCCC)OC(=O)CCCCCCCCCCCCC(C)CC. The van der Waals surface area contributed by atoms with E-state index in [9.17, 15) is 43.2 Å². The van der Waals surface area contributed by atoms with Gasteiger partial charge in [-0.15, -0.1) is 0 Å². The Morgan fingerprint density at radius 1 is 0.293 bits per heavy atom. The molecule has 0 amide bonds. The Balaban J connectivity index is 5.17. The Morgan fingerprint density at radius 2 is 0.515 bits per heavy atom. The summed E-state index contributed by atoms with van der Waals surface area (Å²) in [7, 11) is -9.91. The Bertz CT molecular complexity index is 1910. The van der Waals surface area contributed by atoms with Crippen molar-refractivity contribution in [3.05, 3.63) is 0 Å². The Kier molecular flexibility index (Phi) is 70.3. The van der Waals surface area contributed by atoms with E-state index in [0.29, 0.717) is 25.7 Å². The Labute approximate surface area is 607 Å². The highest BCUT2D eigenvalue weighted by molar-refractivity contribution is 7.47. The number of hydrogen-bond acceptors (Lipinski definition) is 15. The van der Waals surface area contributed by atoms with Gasteiger partial charge in [-0.1, -0.05) is 369 Å². The van der Waals surface area contributed by atoms with Crippen molar-refractivity contribution in [2.75, 3.05) is 39.6 Å². The largest absolute Gasteiger partial charge is 0.472 e. The minimum absolute atomic E-state index is 0.106. The van der Waals surface area contributed by atoms with Crippen LogP contribution in [0.5, 0.6) is 0 Å².